The van der Waals surface area contributed by atoms with Crippen molar-refractivity contribution in [2.45, 2.75) is 31.7 Å². The van der Waals surface area contributed by atoms with Crippen LogP contribution >= 0.6 is 0 Å². The Kier molecular flexibility index (Phi) is 4.75. The van der Waals surface area contributed by atoms with Gasteiger partial charge in [-0.25, -0.2) is 13.1 Å². The SMILES string of the molecule is CCn1ncc(C(=O)C2=C(C)C3(CCOC)C(=O)OC3(S(C)(=O)=O)C=C2)c1O. The number of nitrogens with zero attached hydrogens (tertiary/aromatic N) is 2. The Hall–Kier alpha value is -2.46. The Bertz CT molecular complexity index is 1020. The van der Waals surface area contributed by atoms with Crippen molar-refractivity contribution in [3.05, 3.63) is 35.1 Å². The third-order valence-electron chi connectivity index (χ3n) is 5.53. The standard InChI is InChI=1S/C18H22N2O7S/c1-5-20-15(22)13(10-19-20)14(21)12-6-7-18(28(4,24)25)17(11(12)2,8-9-26-3)16(23)27-18/h6-7,10,22H,5,8-9H2,1-4H3. The van der Waals surface area contributed by atoms with Gasteiger partial charge in [0.25, 0.3) is 0 Å². The average molecular weight is 410 g/mol. The number of esters is 1. The van der Waals surface area contributed by atoms with E-state index in [2.05, 4.69) is 5.10 Å². The number of ether oxygens (including phenoxy) is 2. The lowest BCUT2D eigenvalue weighted by molar-refractivity contribution is -0.204. The third kappa shape index (κ3) is 2.40. The van der Waals surface area contributed by atoms with E-state index in [1.54, 1.807) is 6.92 Å². The minimum absolute atomic E-state index is 0.0257. The number of hydrogen-bond donors (Lipinski definition) is 1. The minimum Gasteiger partial charge on any atom is -0.493 e. The number of aromatic hydroxyl groups is 1. The topological polar surface area (TPSA) is 125 Å². The molecule has 28 heavy (non-hydrogen) atoms. The molecule has 1 aliphatic carbocycles. The zero-order valence-electron chi connectivity index (χ0n) is 16.1. The maximum absolute atomic E-state index is 13.1. The van der Waals surface area contributed by atoms with Crippen LogP contribution in [-0.2, 0) is 30.7 Å². The highest BCUT2D eigenvalue weighted by Crippen LogP contribution is 2.60. The Morgan fingerprint density at radius 2 is 2.11 bits per heavy atom. The zero-order chi connectivity index (χ0) is 20.9. The number of sulfone groups is 1. The Labute approximate surface area is 162 Å². The Morgan fingerprint density at radius 1 is 1.43 bits per heavy atom. The summed E-state index contributed by atoms with van der Waals surface area (Å²) in [7, 11) is -2.43. The highest BCUT2D eigenvalue weighted by atomic mass is 32.2. The van der Waals surface area contributed by atoms with E-state index in [0.717, 1.165) is 6.26 Å². The quantitative estimate of drug-likeness (QED) is 0.521. The summed E-state index contributed by atoms with van der Waals surface area (Å²) in [6, 6.07) is 0. The van der Waals surface area contributed by atoms with Gasteiger partial charge in [-0.1, -0.05) is 0 Å². The van der Waals surface area contributed by atoms with Gasteiger partial charge < -0.3 is 14.6 Å². The number of methoxy groups -OCH3 is 1. The van der Waals surface area contributed by atoms with Crippen molar-refractivity contribution in [1.82, 2.24) is 9.78 Å². The van der Waals surface area contributed by atoms with E-state index in [4.69, 9.17) is 9.47 Å². The summed E-state index contributed by atoms with van der Waals surface area (Å²) in [6.45, 7) is 3.76. The van der Waals surface area contributed by atoms with Crippen LogP contribution in [0.25, 0.3) is 0 Å². The van der Waals surface area contributed by atoms with Crippen molar-refractivity contribution >= 4 is 21.6 Å². The first-order chi connectivity index (χ1) is 13.1. The summed E-state index contributed by atoms with van der Waals surface area (Å²) >= 11 is 0. The molecule has 3 rings (SSSR count). The summed E-state index contributed by atoms with van der Waals surface area (Å²) < 4.78 is 36.6. The monoisotopic (exact) mass is 410 g/mol. The molecule has 1 aliphatic heterocycles. The fraction of sp³-hybridized carbons (Fsp3) is 0.500. The van der Waals surface area contributed by atoms with Crippen LogP contribution in [-0.4, -0.2) is 60.0 Å². The molecule has 0 amide bonds. The van der Waals surface area contributed by atoms with E-state index >= 15 is 0 Å². The molecule has 1 N–H and O–H groups in total. The lowest BCUT2D eigenvalue weighted by Gasteiger charge is -2.55. The average Bonchev–Trinajstić information content (AvgIpc) is 2.99. The maximum Gasteiger partial charge on any atom is 0.323 e. The molecule has 152 valence electrons. The number of allylic oxidation sites excluding steroid dienone is 2. The molecule has 0 radical (unpaired) electrons. The van der Waals surface area contributed by atoms with Crippen molar-refractivity contribution in [3.63, 3.8) is 0 Å². The van der Waals surface area contributed by atoms with E-state index < -0.39 is 31.9 Å². The molecule has 0 aromatic carbocycles. The second kappa shape index (κ2) is 6.56. The molecule has 1 fully saturated rings. The number of Topliss-reactive ketones (excluding diaryl/α,β-unsaturated/α-hetero) is 1. The number of aromatic nitrogens is 2. The van der Waals surface area contributed by atoms with Crippen LogP contribution in [0.5, 0.6) is 5.88 Å². The summed E-state index contributed by atoms with van der Waals surface area (Å²) in [5.41, 5.74) is -1.20. The number of ketones is 1. The molecule has 2 aliphatic rings. The number of carbonyl (C=O) groups excluding carboxylic acids is 2. The lowest BCUT2D eigenvalue weighted by atomic mass is 9.64. The molecule has 1 aromatic heterocycles. The molecule has 9 nitrogen and oxygen atoms in total. The predicted octanol–water partition coefficient (Wildman–Crippen LogP) is 0.998. The molecule has 0 spiro atoms. The van der Waals surface area contributed by atoms with Gasteiger partial charge in [0.05, 0.1) is 6.20 Å². The summed E-state index contributed by atoms with van der Waals surface area (Å²) in [6.07, 6.45) is 4.83. The van der Waals surface area contributed by atoms with Crippen LogP contribution in [0.15, 0.2) is 29.5 Å². The van der Waals surface area contributed by atoms with Crippen LogP contribution in [0.2, 0.25) is 0 Å². The molecule has 0 bridgehead atoms. The maximum atomic E-state index is 13.1. The molecular weight excluding hydrogens is 388 g/mol. The summed E-state index contributed by atoms with van der Waals surface area (Å²) in [5.74, 6) is -1.57. The van der Waals surface area contributed by atoms with Crippen LogP contribution in [0.1, 0.15) is 30.6 Å². The van der Waals surface area contributed by atoms with E-state index in [9.17, 15) is 23.1 Å². The highest BCUT2D eigenvalue weighted by molar-refractivity contribution is 7.92. The highest BCUT2D eigenvalue weighted by Gasteiger charge is 2.75. The molecule has 2 atom stereocenters. The van der Waals surface area contributed by atoms with Gasteiger partial charge in [-0.15, -0.1) is 0 Å². The smallest absolute Gasteiger partial charge is 0.323 e. The number of aryl methyl sites for hydroxylation is 1. The van der Waals surface area contributed by atoms with Gasteiger partial charge in [-0.3, -0.25) is 9.59 Å². The first kappa shape index (κ1) is 20.3. The molecule has 2 unspecified atom stereocenters. The van der Waals surface area contributed by atoms with Crippen LogP contribution in [0.4, 0.5) is 0 Å². The van der Waals surface area contributed by atoms with Crippen LogP contribution < -0.4 is 0 Å². The fourth-order valence-corrected chi connectivity index (χ4v) is 5.46. The Balaban J connectivity index is 2.17. The van der Waals surface area contributed by atoms with Gasteiger partial charge in [0, 0.05) is 32.1 Å². The van der Waals surface area contributed by atoms with Crippen LogP contribution in [0.3, 0.4) is 0 Å². The van der Waals surface area contributed by atoms with Gasteiger partial charge in [-0.05, 0) is 38.0 Å². The second-order valence-electron chi connectivity index (χ2n) is 6.88. The van der Waals surface area contributed by atoms with Crippen LogP contribution in [0, 0.1) is 5.41 Å². The van der Waals surface area contributed by atoms with E-state index in [-0.39, 0.29) is 35.6 Å². The molecule has 1 aromatic rings. The van der Waals surface area contributed by atoms with Gasteiger partial charge in [0.2, 0.25) is 10.8 Å². The van der Waals surface area contributed by atoms with Crippen molar-refractivity contribution < 1.29 is 32.6 Å². The third-order valence-corrected chi connectivity index (χ3v) is 7.20. The molecule has 1 saturated heterocycles. The van der Waals surface area contributed by atoms with Gasteiger partial charge in [0.15, 0.2) is 15.6 Å². The normalized spacial score (nSPS) is 26.6. The molecule has 2 heterocycles. The van der Waals surface area contributed by atoms with Gasteiger partial charge >= 0.3 is 5.97 Å². The first-order valence-corrected chi connectivity index (χ1v) is 10.6. The van der Waals surface area contributed by atoms with Crippen molar-refractivity contribution in [2.75, 3.05) is 20.0 Å². The van der Waals surface area contributed by atoms with Gasteiger partial charge in [0.1, 0.15) is 11.0 Å². The van der Waals surface area contributed by atoms with E-state index in [0.29, 0.717) is 6.54 Å². The largest absolute Gasteiger partial charge is 0.493 e. The number of rotatable bonds is 7. The van der Waals surface area contributed by atoms with Gasteiger partial charge in [-0.2, -0.15) is 5.10 Å². The molecule has 0 saturated carbocycles. The molecule has 10 heteroatoms. The zero-order valence-corrected chi connectivity index (χ0v) is 16.9. The minimum atomic E-state index is -3.86. The Morgan fingerprint density at radius 3 is 2.61 bits per heavy atom. The van der Waals surface area contributed by atoms with E-state index in [1.165, 1.54) is 37.1 Å². The van der Waals surface area contributed by atoms with Crippen molar-refractivity contribution in [1.29, 1.82) is 0 Å². The fourth-order valence-electron chi connectivity index (χ4n) is 3.94. The summed E-state index contributed by atoms with van der Waals surface area (Å²) in [5, 5.41) is 14.2. The number of fused-ring (bicyclic) bond motifs is 1. The predicted molar refractivity (Wildman–Crippen MR) is 98.3 cm³/mol. The number of hydrogen-bond acceptors (Lipinski definition) is 8. The first-order valence-electron chi connectivity index (χ1n) is 8.69. The van der Waals surface area contributed by atoms with Crippen molar-refractivity contribution in [3.8, 4) is 5.88 Å². The lowest BCUT2D eigenvalue weighted by Crippen LogP contribution is -2.71. The number of carbonyl (C=O) groups is 2. The summed E-state index contributed by atoms with van der Waals surface area (Å²) in [4.78, 5) is 23.8. The van der Waals surface area contributed by atoms with Crippen molar-refractivity contribution in [2.24, 2.45) is 5.41 Å². The second-order valence-corrected chi connectivity index (χ2v) is 9.03. The van der Waals surface area contributed by atoms with E-state index in [1.807, 2.05) is 0 Å². The molecular formula is C18H22N2O7S.